The number of hydrogen-bond donors (Lipinski definition) is 0. The Morgan fingerprint density at radius 1 is 0.467 bits per heavy atom. The maximum atomic E-state index is 12.7. The summed E-state index contributed by atoms with van der Waals surface area (Å²) in [7, 11) is 0. The first-order chi connectivity index (χ1) is 14.5. The fraction of sp³-hybridized carbons (Fsp3) is 0. The van der Waals surface area contributed by atoms with E-state index in [1.807, 2.05) is 24.3 Å². The molecule has 0 heterocycles. The molecule has 0 amide bonds. The summed E-state index contributed by atoms with van der Waals surface area (Å²) in [6.45, 7) is 0. The molecule has 4 rings (SSSR count). The van der Waals surface area contributed by atoms with E-state index < -0.39 is 0 Å². The van der Waals surface area contributed by atoms with Crippen LogP contribution in [0, 0.1) is 0 Å². The topological polar surface area (TPSA) is 34.1 Å². The Bertz CT molecular complexity index is 1130. The highest BCUT2D eigenvalue weighted by Gasteiger charge is 2.14. The third-order valence-corrected chi connectivity index (χ3v) is 5.52. The predicted molar refractivity (Wildman–Crippen MR) is 122 cm³/mol. The van der Waals surface area contributed by atoms with Crippen LogP contribution >= 0.6 is 23.2 Å². The van der Waals surface area contributed by atoms with Crippen LogP contribution in [0.1, 0.15) is 31.8 Å². The van der Waals surface area contributed by atoms with Crippen molar-refractivity contribution in [3.63, 3.8) is 0 Å². The Balaban J connectivity index is 1.55. The van der Waals surface area contributed by atoms with E-state index in [4.69, 9.17) is 23.2 Å². The van der Waals surface area contributed by atoms with Crippen molar-refractivity contribution in [1.82, 2.24) is 0 Å². The Kier molecular flexibility index (Phi) is 5.80. The van der Waals surface area contributed by atoms with Gasteiger partial charge in [-0.05, 0) is 35.4 Å². The summed E-state index contributed by atoms with van der Waals surface area (Å²) < 4.78 is 0. The SMILES string of the molecule is O=C(c1ccc(-c2ccc(C(=O)c3ccccc3Cl)cc2)cc1)c1ccccc1Cl. The van der Waals surface area contributed by atoms with Gasteiger partial charge in [-0.3, -0.25) is 9.59 Å². The highest BCUT2D eigenvalue weighted by molar-refractivity contribution is 6.35. The highest BCUT2D eigenvalue weighted by atomic mass is 35.5. The zero-order valence-electron chi connectivity index (χ0n) is 15.8. The first-order valence-corrected chi connectivity index (χ1v) is 10.1. The second-order valence-electron chi connectivity index (χ2n) is 6.77. The minimum Gasteiger partial charge on any atom is -0.289 e. The van der Waals surface area contributed by atoms with Crippen LogP contribution in [-0.2, 0) is 0 Å². The predicted octanol–water partition coefficient (Wildman–Crippen LogP) is 7.12. The van der Waals surface area contributed by atoms with Crippen molar-refractivity contribution in [2.24, 2.45) is 0 Å². The Hall–Kier alpha value is -3.20. The number of halogens is 2. The van der Waals surface area contributed by atoms with Gasteiger partial charge < -0.3 is 0 Å². The Morgan fingerprint density at radius 3 is 1.13 bits per heavy atom. The lowest BCUT2D eigenvalue weighted by Gasteiger charge is -2.07. The van der Waals surface area contributed by atoms with Crippen LogP contribution < -0.4 is 0 Å². The second kappa shape index (κ2) is 8.66. The maximum Gasteiger partial charge on any atom is 0.194 e. The van der Waals surface area contributed by atoms with Gasteiger partial charge in [0.1, 0.15) is 0 Å². The Morgan fingerprint density at radius 2 is 0.800 bits per heavy atom. The molecular weight excluding hydrogens is 415 g/mol. The number of benzene rings is 4. The van der Waals surface area contributed by atoms with Crippen LogP contribution in [0.3, 0.4) is 0 Å². The van der Waals surface area contributed by atoms with E-state index in [-0.39, 0.29) is 11.6 Å². The number of carbonyl (C=O) groups is 2. The smallest absolute Gasteiger partial charge is 0.194 e. The number of hydrogen-bond acceptors (Lipinski definition) is 2. The van der Waals surface area contributed by atoms with Gasteiger partial charge in [-0.25, -0.2) is 0 Å². The molecular formula is C26H16Cl2O2. The third kappa shape index (κ3) is 4.06. The van der Waals surface area contributed by atoms with Gasteiger partial charge >= 0.3 is 0 Å². The van der Waals surface area contributed by atoms with Gasteiger partial charge in [0.25, 0.3) is 0 Å². The van der Waals surface area contributed by atoms with Gasteiger partial charge in [-0.2, -0.15) is 0 Å². The van der Waals surface area contributed by atoms with E-state index in [0.717, 1.165) is 11.1 Å². The summed E-state index contributed by atoms with van der Waals surface area (Å²) in [5, 5.41) is 0.871. The zero-order chi connectivity index (χ0) is 21.1. The molecule has 0 radical (unpaired) electrons. The number of rotatable bonds is 5. The number of carbonyl (C=O) groups excluding carboxylic acids is 2. The summed E-state index contributed by atoms with van der Waals surface area (Å²) in [5.41, 5.74) is 3.99. The fourth-order valence-electron chi connectivity index (χ4n) is 3.23. The molecule has 0 aliphatic rings. The van der Waals surface area contributed by atoms with Crippen LogP contribution in [0.2, 0.25) is 10.0 Å². The van der Waals surface area contributed by atoms with Crippen LogP contribution in [-0.4, -0.2) is 11.6 Å². The molecule has 30 heavy (non-hydrogen) atoms. The normalized spacial score (nSPS) is 10.6. The minimum absolute atomic E-state index is 0.118. The first-order valence-electron chi connectivity index (χ1n) is 9.33. The van der Waals surface area contributed by atoms with Crippen molar-refractivity contribution in [1.29, 1.82) is 0 Å². The molecule has 0 aliphatic carbocycles. The van der Waals surface area contributed by atoms with E-state index in [9.17, 15) is 9.59 Å². The lowest BCUT2D eigenvalue weighted by molar-refractivity contribution is 0.103. The molecule has 0 aromatic heterocycles. The summed E-state index contributed by atoms with van der Waals surface area (Å²) in [6.07, 6.45) is 0. The van der Waals surface area contributed by atoms with Crippen molar-refractivity contribution in [3.05, 3.63) is 129 Å². The summed E-state index contributed by atoms with van der Waals surface area (Å²) >= 11 is 12.3. The lowest BCUT2D eigenvalue weighted by atomic mass is 9.97. The quantitative estimate of drug-likeness (QED) is 0.315. The lowest BCUT2D eigenvalue weighted by Crippen LogP contribution is -2.02. The van der Waals surface area contributed by atoms with Crippen molar-refractivity contribution in [3.8, 4) is 11.1 Å². The molecule has 2 nitrogen and oxygen atoms in total. The van der Waals surface area contributed by atoms with Gasteiger partial charge in [-0.15, -0.1) is 0 Å². The summed E-state index contributed by atoms with van der Waals surface area (Å²) in [6, 6.07) is 28.7. The second-order valence-corrected chi connectivity index (χ2v) is 7.59. The average Bonchev–Trinajstić information content (AvgIpc) is 2.79. The molecule has 4 heteroatoms. The van der Waals surface area contributed by atoms with Gasteiger partial charge in [0.2, 0.25) is 0 Å². The highest BCUT2D eigenvalue weighted by Crippen LogP contribution is 2.25. The van der Waals surface area contributed by atoms with Crippen LogP contribution in [0.25, 0.3) is 11.1 Å². The van der Waals surface area contributed by atoms with E-state index >= 15 is 0 Å². The third-order valence-electron chi connectivity index (χ3n) is 4.86. The number of ketones is 2. The van der Waals surface area contributed by atoms with Crippen molar-refractivity contribution in [2.45, 2.75) is 0 Å². The molecule has 0 saturated heterocycles. The van der Waals surface area contributed by atoms with Gasteiger partial charge in [-0.1, -0.05) is 96.0 Å². The maximum absolute atomic E-state index is 12.7. The molecule has 0 atom stereocenters. The van der Waals surface area contributed by atoms with E-state index in [1.165, 1.54) is 0 Å². The molecule has 0 saturated carbocycles. The summed E-state index contributed by atoms with van der Waals surface area (Å²) in [5.74, 6) is -0.235. The molecule has 0 N–H and O–H groups in total. The van der Waals surface area contributed by atoms with Gasteiger partial charge in [0.05, 0.1) is 10.0 Å². The first kappa shape index (κ1) is 20.1. The van der Waals surface area contributed by atoms with Crippen LogP contribution in [0.4, 0.5) is 0 Å². The molecule has 4 aromatic carbocycles. The molecule has 0 aliphatic heterocycles. The molecule has 0 bridgehead atoms. The van der Waals surface area contributed by atoms with E-state index in [2.05, 4.69) is 0 Å². The van der Waals surface area contributed by atoms with Crippen LogP contribution in [0.5, 0.6) is 0 Å². The molecule has 146 valence electrons. The molecule has 0 unspecified atom stereocenters. The standard InChI is InChI=1S/C26H16Cl2O2/c27-23-7-3-1-5-21(23)25(29)19-13-9-17(10-14-19)18-11-15-20(16-12-18)26(30)22-6-2-4-8-24(22)28/h1-16H. The van der Waals surface area contributed by atoms with Crippen molar-refractivity contribution >= 4 is 34.8 Å². The molecule has 0 spiro atoms. The van der Waals surface area contributed by atoms with Gasteiger partial charge in [0, 0.05) is 22.3 Å². The fourth-order valence-corrected chi connectivity index (χ4v) is 3.67. The Labute approximate surface area is 184 Å². The molecule has 0 fully saturated rings. The van der Waals surface area contributed by atoms with E-state index in [1.54, 1.807) is 72.8 Å². The van der Waals surface area contributed by atoms with Crippen molar-refractivity contribution in [2.75, 3.05) is 0 Å². The van der Waals surface area contributed by atoms with E-state index in [0.29, 0.717) is 32.3 Å². The minimum atomic E-state index is -0.118. The van der Waals surface area contributed by atoms with Crippen molar-refractivity contribution < 1.29 is 9.59 Å². The zero-order valence-corrected chi connectivity index (χ0v) is 17.3. The summed E-state index contributed by atoms with van der Waals surface area (Å²) in [4.78, 5) is 25.3. The van der Waals surface area contributed by atoms with Gasteiger partial charge in [0.15, 0.2) is 11.6 Å². The largest absolute Gasteiger partial charge is 0.289 e. The molecule has 4 aromatic rings. The average molecular weight is 431 g/mol. The monoisotopic (exact) mass is 430 g/mol. The van der Waals surface area contributed by atoms with Crippen LogP contribution in [0.15, 0.2) is 97.1 Å².